The lowest BCUT2D eigenvalue weighted by atomic mass is 10.1. The van der Waals surface area contributed by atoms with Crippen LogP contribution in [0.1, 0.15) is 30.1 Å². The molecule has 0 radical (unpaired) electrons. The molecule has 1 nitrogen and oxygen atoms in total. The summed E-state index contributed by atoms with van der Waals surface area (Å²) in [6, 6.07) is 9.52. The summed E-state index contributed by atoms with van der Waals surface area (Å²) < 4.78 is 0. The highest BCUT2D eigenvalue weighted by atomic mass is 32.2. The molecule has 0 spiro atoms. The van der Waals surface area contributed by atoms with Crippen molar-refractivity contribution in [2.45, 2.75) is 25.0 Å². The number of benzene rings is 1. The van der Waals surface area contributed by atoms with Gasteiger partial charge >= 0.3 is 0 Å². The minimum absolute atomic E-state index is 0.256. The molecular formula is C12H16OS. The number of hydrogen-bond acceptors (Lipinski definition) is 2. The van der Waals surface area contributed by atoms with Gasteiger partial charge in [-0.2, -0.15) is 11.8 Å². The molecule has 1 aromatic carbocycles. The third-order valence-electron chi connectivity index (χ3n) is 2.30. The van der Waals surface area contributed by atoms with Gasteiger partial charge in [0.15, 0.2) is 5.78 Å². The zero-order chi connectivity index (χ0) is 10.4. The molecule has 76 valence electrons. The SMILES string of the molecule is CCC(CC(=O)c1ccccc1)SC. The average molecular weight is 208 g/mol. The Morgan fingerprint density at radius 2 is 2.00 bits per heavy atom. The van der Waals surface area contributed by atoms with Crippen LogP contribution in [0, 0.1) is 0 Å². The van der Waals surface area contributed by atoms with Crippen LogP contribution < -0.4 is 0 Å². The molecule has 1 unspecified atom stereocenters. The van der Waals surface area contributed by atoms with Gasteiger partial charge in [-0.15, -0.1) is 0 Å². The maximum atomic E-state index is 11.8. The fraction of sp³-hybridized carbons (Fsp3) is 0.417. The predicted molar refractivity (Wildman–Crippen MR) is 63.0 cm³/mol. The maximum absolute atomic E-state index is 11.8. The highest BCUT2D eigenvalue weighted by Gasteiger charge is 2.11. The van der Waals surface area contributed by atoms with Gasteiger partial charge in [0.25, 0.3) is 0 Å². The molecule has 2 heteroatoms. The van der Waals surface area contributed by atoms with Gasteiger partial charge in [-0.3, -0.25) is 4.79 Å². The molecule has 0 heterocycles. The molecule has 0 N–H and O–H groups in total. The second kappa shape index (κ2) is 5.86. The first-order valence-corrected chi connectivity index (χ1v) is 6.17. The van der Waals surface area contributed by atoms with E-state index < -0.39 is 0 Å². The Balaban J connectivity index is 2.59. The van der Waals surface area contributed by atoms with E-state index in [1.165, 1.54) is 0 Å². The third kappa shape index (κ3) is 3.18. The van der Waals surface area contributed by atoms with E-state index in [9.17, 15) is 4.79 Å². The van der Waals surface area contributed by atoms with Crippen LogP contribution in [0.25, 0.3) is 0 Å². The third-order valence-corrected chi connectivity index (χ3v) is 3.46. The quantitative estimate of drug-likeness (QED) is 0.690. The molecular weight excluding hydrogens is 192 g/mol. The highest BCUT2D eigenvalue weighted by molar-refractivity contribution is 7.99. The molecule has 1 atom stereocenters. The number of thioether (sulfide) groups is 1. The second-order valence-corrected chi connectivity index (χ2v) is 4.40. The standard InChI is InChI=1S/C12H16OS/c1-3-11(14-2)9-12(13)10-7-5-4-6-8-10/h4-8,11H,3,9H2,1-2H3. The number of carbonyl (C=O) groups is 1. The Hall–Kier alpha value is -0.760. The van der Waals surface area contributed by atoms with Crippen molar-refractivity contribution in [2.24, 2.45) is 0 Å². The Labute approximate surface area is 89.9 Å². The zero-order valence-corrected chi connectivity index (χ0v) is 9.51. The van der Waals surface area contributed by atoms with Crippen molar-refractivity contribution in [3.05, 3.63) is 35.9 Å². The summed E-state index contributed by atoms with van der Waals surface area (Å²) in [6.45, 7) is 2.12. The fourth-order valence-corrected chi connectivity index (χ4v) is 1.99. The lowest BCUT2D eigenvalue weighted by Crippen LogP contribution is -2.09. The summed E-state index contributed by atoms with van der Waals surface area (Å²) in [5.41, 5.74) is 0.833. The summed E-state index contributed by atoms with van der Waals surface area (Å²) in [4.78, 5) is 11.8. The molecule has 14 heavy (non-hydrogen) atoms. The number of Topliss-reactive ketones (excluding diaryl/α,β-unsaturated/α-hetero) is 1. The van der Waals surface area contributed by atoms with Crippen molar-refractivity contribution in [3.63, 3.8) is 0 Å². The molecule has 0 amide bonds. The van der Waals surface area contributed by atoms with E-state index in [0.29, 0.717) is 11.7 Å². The second-order valence-electron chi connectivity index (χ2n) is 3.26. The van der Waals surface area contributed by atoms with Crippen LogP contribution in [0.5, 0.6) is 0 Å². The molecule has 1 rings (SSSR count). The van der Waals surface area contributed by atoms with E-state index in [1.807, 2.05) is 30.3 Å². The van der Waals surface area contributed by atoms with Crippen LogP contribution in [0.3, 0.4) is 0 Å². The Morgan fingerprint density at radius 1 is 1.36 bits per heavy atom. The molecule has 0 aliphatic rings. The molecule has 0 fully saturated rings. The summed E-state index contributed by atoms with van der Waals surface area (Å²) in [6.07, 6.45) is 3.77. The van der Waals surface area contributed by atoms with Crippen LogP contribution in [-0.2, 0) is 0 Å². The van der Waals surface area contributed by atoms with E-state index in [4.69, 9.17) is 0 Å². The van der Waals surface area contributed by atoms with Gasteiger partial charge in [0.1, 0.15) is 0 Å². The van der Waals surface area contributed by atoms with Crippen LogP contribution >= 0.6 is 11.8 Å². The van der Waals surface area contributed by atoms with Gasteiger partial charge in [0.2, 0.25) is 0 Å². The minimum Gasteiger partial charge on any atom is -0.294 e. The van der Waals surface area contributed by atoms with E-state index in [0.717, 1.165) is 12.0 Å². The molecule has 0 aliphatic carbocycles. The molecule has 0 aliphatic heterocycles. The highest BCUT2D eigenvalue weighted by Crippen LogP contribution is 2.17. The van der Waals surface area contributed by atoms with E-state index in [1.54, 1.807) is 11.8 Å². The number of carbonyl (C=O) groups excluding carboxylic acids is 1. The lowest BCUT2D eigenvalue weighted by Gasteiger charge is -2.10. The van der Waals surface area contributed by atoms with Gasteiger partial charge in [-0.05, 0) is 12.7 Å². The predicted octanol–water partition coefficient (Wildman–Crippen LogP) is 3.40. The van der Waals surface area contributed by atoms with Gasteiger partial charge in [-0.1, -0.05) is 37.3 Å². The first kappa shape index (κ1) is 11.3. The van der Waals surface area contributed by atoms with E-state index in [2.05, 4.69) is 13.2 Å². The van der Waals surface area contributed by atoms with E-state index >= 15 is 0 Å². The molecule has 0 bridgehead atoms. The van der Waals surface area contributed by atoms with Crippen molar-refractivity contribution in [3.8, 4) is 0 Å². The smallest absolute Gasteiger partial charge is 0.163 e. The Morgan fingerprint density at radius 3 is 2.50 bits per heavy atom. The van der Waals surface area contributed by atoms with Crippen molar-refractivity contribution < 1.29 is 4.79 Å². The van der Waals surface area contributed by atoms with E-state index in [-0.39, 0.29) is 5.78 Å². The van der Waals surface area contributed by atoms with Crippen molar-refractivity contribution >= 4 is 17.5 Å². The van der Waals surface area contributed by atoms with Gasteiger partial charge < -0.3 is 0 Å². The minimum atomic E-state index is 0.256. The maximum Gasteiger partial charge on any atom is 0.163 e. The first-order chi connectivity index (χ1) is 6.77. The van der Waals surface area contributed by atoms with Gasteiger partial charge in [0, 0.05) is 17.2 Å². The number of rotatable bonds is 5. The molecule has 1 aromatic rings. The van der Waals surface area contributed by atoms with Crippen molar-refractivity contribution in [1.82, 2.24) is 0 Å². The lowest BCUT2D eigenvalue weighted by molar-refractivity contribution is 0.0982. The molecule has 0 saturated carbocycles. The normalized spacial score (nSPS) is 12.4. The van der Waals surface area contributed by atoms with Crippen molar-refractivity contribution in [2.75, 3.05) is 6.26 Å². The summed E-state index contributed by atoms with van der Waals surface area (Å²) in [5.74, 6) is 0.256. The van der Waals surface area contributed by atoms with Crippen LogP contribution in [0.4, 0.5) is 0 Å². The monoisotopic (exact) mass is 208 g/mol. The van der Waals surface area contributed by atoms with Gasteiger partial charge in [0.05, 0.1) is 0 Å². The largest absolute Gasteiger partial charge is 0.294 e. The molecule has 0 saturated heterocycles. The summed E-state index contributed by atoms with van der Waals surface area (Å²) in [7, 11) is 0. The summed E-state index contributed by atoms with van der Waals surface area (Å²) >= 11 is 1.77. The van der Waals surface area contributed by atoms with Crippen LogP contribution in [0.15, 0.2) is 30.3 Å². The average Bonchev–Trinajstić information content (AvgIpc) is 2.26. The zero-order valence-electron chi connectivity index (χ0n) is 8.69. The Bertz CT molecular complexity index is 278. The van der Waals surface area contributed by atoms with Crippen LogP contribution in [0.2, 0.25) is 0 Å². The van der Waals surface area contributed by atoms with Gasteiger partial charge in [-0.25, -0.2) is 0 Å². The summed E-state index contributed by atoms with van der Waals surface area (Å²) in [5, 5.41) is 0.461. The van der Waals surface area contributed by atoms with Crippen molar-refractivity contribution in [1.29, 1.82) is 0 Å². The topological polar surface area (TPSA) is 17.1 Å². The molecule has 0 aromatic heterocycles. The number of ketones is 1. The Kier molecular flexibility index (Phi) is 4.74. The number of hydrogen-bond donors (Lipinski definition) is 0. The van der Waals surface area contributed by atoms with Crippen LogP contribution in [-0.4, -0.2) is 17.3 Å². The fourth-order valence-electron chi connectivity index (χ4n) is 1.34. The first-order valence-electron chi connectivity index (χ1n) is 4.89.